The molecule has 0 saturated carbocycles. The normalized spacial score (nSPS) is 25.0. The SMILES string of the molecule is Cc1cccc(N2CCC(C)NCC2CO)c1C. The van der Waals surface area contributed by atoms with E-state index in [-0.39, 0.29) is 12.6 Å². The van der Waals surface area contributed by atoms with Gasteiger partial charge in [-0.3, -0.25) is 0 Å². The van der Waals surface area contributed by atoms with E-state index in [0.29, 0.717) is 6.04 Å². The van der Waals surface area contributed by atoms with E-state index in [0.717, 1.165) is 19.5 Å². The summed E-state index contributed by atoms with van der Waals surface area (Å²) in [6, 6.07) is 7.12. The number of anilines is 1. The Kier molecular flexibility index (Phi) is 4.25. The van der Waals surface area contributed by atoms with Crippen molar-refractivity contribution in [2.24, 2.45) is 0 Å². The fourth-order valence-corrected chi connectivity index (χ4v) is 2.59. The summed E-state index contributed by atoms with van der Waals surface area (Å²) < 4.78 is 0. The first-order chi connectivity index (χ1) is 8.63. The maximum Gasteiger partial charge on any atom is 0.0647 e. The highest BCUT2D eigenvalue weighted by Gasteiger charge is 2.24. The molecule has 0 amide bonds. The van der Waals surface area contributed by atoms with Crippen LogP contribution in [0.3, 0.4) is 0 Å². The van der Waals surface area contributed by atoms with Crippen molar-refractivity contribution in [3.63, 3.8) is 0 Å². The van der Waals surface area contributed by atoms with E-state index in [2.05, 4.69) is 49.2 Å². The number of aryl methyl sites for hydroxylation is 1. The second-order valence-electron chi connectivity index (χ2n) is 5.35. The van der Waals surface area contributed by atoms with Gasteiger partial charge in [-0.05, 0) is 44.4 Å². The molecule has 0 aromatic heterocycles. The van der Waals surface area contributed by atoms with Crippen LogP contribution in [-0.2, 0) is 0 Å². The summed E-state index contributed by atoms with van der Waals surface area (Å²) in [6.07, 6.45) is 1.11. The standard InChI is InChI=1S/C15H24N2O/c1-11-5-4-6-15(13(11)3)17-8-7-12(2)16-9-14(17)10-18/h4-6,12,14,16,18H,7-10H2,1-3H3. The van der Waals surface area contributed by atoms with Gasteiger partial charge in [0.25, 0.3) is 0 Å². The Balaban J connectivity index is 2.30. The quantitative estimate of drug-likeness (QED) is 0.838. The molecule has 1 aromatic rings. The molecule has 0 spiro atoms. The van der Waals surface area contributed by atoms with Crippen LogP contribution in [0.5, 0.6) is 0 Å². The van der Waals surface area contributed by atoms with Gasteiger partial charge in [0.1, 0.15) is 0 Å². The minimum Gasteiger partial charge on any atom is -0.394 e. The van der Waals surface area contributed by atoms with Gasteiger partial charge < -0.3 is 15.3 Å². The average Bonchev–Trinajstić information content (AvgIpc) is 2.55. The Hall–Kier alpha value is -1.06. The van der Waals surface area contributed by atoms with E-state index in [1.54, 1.807) is 0 Å². The van der Waals surface area contributed by atoms with Crippen LogP contribution in [0.1, 0.15) is 24.5 Å². The molecule has 1 heterocycles. The number of aliphatic hydroxyl groups is 1. The monoisotopic (exact) mass is 248 g/mol. The predicted molar refractivity (Wildman–Crippen MR) is 76.2 cm³/mol. The molecule has 1 fully saturated rings. The van der Waals surface area contributed by atoms with Gasteiger partial charge in [0.15, 0.2) is 0 Å². The molecule has 3 nitrogen and oxygen atoms in total. The minimum atomic E-state index is 0.176. The smallest absolute Gasteiger partial charge is 0.0647 e. The summed E-state index contributed by atoms with van der Waals surface area (Å²) in [5.74, 6) is 0. The molecule has 1 saturated heterocycles. The number of nitrogens with one attached hydrogen (secondary N) is 1. The molecule has 1 aliphatic heterocycles. The molecule has 1 aromatic carbocycles. The summed E-state index contributed by atoms with van der Waals surface area (Å²) in [5.41, 5.74) is 3.91. The van der Waals surface area contributed by atoms with E-state index in [1.807, 2.05) is 0 Å². The zero-order valence-corrected chi connectivity index (χ0v) is 11.6. The van der Waals surface area contributed by atoms with Crippen molar-refractivity contribution in [3.05, 3.63) is 29.3 Å². The molecule has 2 unspecified atom stereocenters. The number of nitrogens with zero attached hydrogens (tertiary/aromatic N) is 1. The zero-order valence-electron chi connectivity index (χ0n) is 11.6. The number of hydrogen-bond acceptors (Lipinski definition) is 3. The number of aliphatic hydroxyl groups excluding tert-OH is 1. The lowest BCUT2D eigenvalue weighted by molar-refractivity contribution is 0.259. The summed E-state index contributed by atoms with van der Waals surface area (Å²) >= 11 is 0. The van der Waals surface area contributed by atoms with Crippen LogP contribution in [0, 0.1) is 13.8 Å². The van der Waals surface area contributed by atoms with Crippen LogP contribution in [0.2, 0.25) is 0 Å². The Morgan fingerprint density at radius 2 is 2.17 bits per heavy atom. The fourth-order valence-electron chi connectivity index (χ4n) is 2.59. The summed E-state index contributed by atoms with van der Waals surface area (Å²) in [4.78, 5) is 2.36. The van der Waals surface area contributed by atoms with Crippen molar-refractivity contribution in [1.29, 1.82) is 0 Å². The first-order valence-electron chi connectivity index (χ1n) is 6.80. The molecule has 0 radical (unpaired) electrons. The van der Waals surface area contributed by atoms with Crippen LogP contribution in [0.4, 0.5) is 5.69 Å². The molecule has 3 heteroatoms. The van der Waals surface area contributed by atoms with Crippen LogP contribution >= 0.6 is 0 Å². The molecule has 0 bridgehead atoms. The lowest BCUT2D eigenvalue weighted by Gasteiger charge is -2.32. The predicted octanol–water partition coefficient (Wildman–Crippen LogP) is 1.85. The highest BCUT2D eigenvalue weighted by Crippen LogP contribution is 2.25. The molecule has 2 rings (SSSR count). The van der Waals surface area contributed by atoms with Crippen LogP contribution in [0.25, 0.3) is 0 Å². The first kappa shape index (κ1) is 13.4. The van der Waals surface area contributed by atoms with Crippen LogP contribution < -0.4 is 10.2 Å². The number of benzene rings is 1. The van der Waals surface area contributed by atoms with Gasteiger partial charge >= 0.3 is 0 Å². The average molecular weight is 248 g/mol. The maximum atomic E-state index is 9.61. The number of hydrogen-bond donors (Lipinski definition) is 2. The third-order valence-corrected chi connectivity index (χ3v) is 4.04. The van der Waals surface area contributed by atoms with Gasteiger partial charge in [-0.15, -0.1) is 0 Å². The van der Waals surface area contributed by atoms with E-state index in [1.165, 1.54) is 16.8 Å². The maximum absolute atomic E-state index is 9.61. The van der Waals surface area contributed by atoms with E-state index >= 15 is 0 Å². The Morgan fingerprint density at radius 3 is 2.89 bits per heavy atom. The van der Waals surface area contributed by atoms with Crippen molar-refractivity contribution in [2.45, 2.75) is 39.3 Å². The highest BCUT2D eigenvalue weighted by atomic mass is 16.3. The summed E-state index contributed by atoms with van der Waals surface area (Å²) in [7, 11) is 0. The van der Waals surface area contributed by atoms with Gasteiger partial charge in [0, 0.05) is 24.8 Å². The third kappa shape index (κ3) is 2.68. The van der Waals surface area contributed by atoms with Gasteiger partial charge in [0.2, 0.25) is 0 Å². The molecular formula is C15H24N2O. The first-order valence-corrected chi connectivity index (χ1v) is 6.80. The third-order valence-electron chi connectivity index (χ3n) is 4.04. The van der Waals surface area contributed by atoms with E-state index in [4.69, 9.17) is 0 Å². The Morgan fingerprint density at radius 1 is 1.39 bits per heavy atom. The van der Waals surface area contributed by atoms with Crippen molar-refractivity contribution in [1.82, 2.24) is 5.32 Å². The lowest BCUT2D eigenvalue weighted by Crippen LogP contribution is -2.43. The Labute approximate surface area is 110 Å². The molecule has 100 valence electrons. The molecular weight excluding hydrogens is 224 g/mol. The van der Waals surface area contributed by atoms with Gasteiger partial charge in [-0.2, -0.15) is 0 Å². The summed E-state index contributed by atoms with van der Waals surface area (Å²) in [5, 5.41) is 13.1. The van der Waals surface area contributed by atoms with Crippen LogP contribution in [0.15, 0.2) is 18.2 Å². The topological polar surface area (TPSA) is 35.5 Å². The molecule has 2 atom stereocenters. The van der Waals surface area contributed by atoms with Gasteiger partial charge in [-0.25, -0.2) is 0 Å². The number of rotatable bonds is 2. The molecule has 18 heavy (non-hydrogen) atoms. The zero-order chi connectivity index (χ0) is 13.1. The van der Waals surface area contributed by atoms with Crippen molar-refractivity contribution < 1.29 is 5.11 Å². The fraction of sp³-hybridized carbons (Fsp3) is 0.600. The van der Waals surface area contributed by atoms with Gasteiger partial charge in [0.05, 0.1) is 12.6 Å². The lowest BCUT2D eigenvalue weighted by atomic mass is 10.1. The second kappa shape index (κ2) is 5.72. The highest BCUT2D eigenvalue weighted by molar-refractivity contribution is 5.57. The molecule has 2 N–H and O–H groups in total. The summed E-state index contributed by atoms with van der Waals surface area (Å²) in [6.45, 7) is 8.58. The minimum absolute atomic E-state index is 0.176. The van der Waals surface area contributed by atoms with Gasteiger partial charge in [-0.1, -0.05) is 12.1 Å². The largest absolute Gasteiger partial charge is 0.394 e. The van der Waals surface area contributed by atoms with Crippen LogP contribution in [-0.4, -0.2) is 36.9 Å². The Bertz CT molecular complexity index is 405. The second-order valence-corrected chi connectivity index (χ2v) is 5.35. The van der Waals surface area contributed by atoms with E-state index in [9.17, 15) is 5.11 Å². The van der Waals surface area contributed by atoms with Crippen molar-refractivity contribution in [3.8, 4) is 0 Å². The van der Waals surface area contributed by atoms with E-state index < -0.39 is 0 Å². The van der Waals surface area contributed by atoms with Crippen molar-refractivity contribution in [2.75, 3.05) is 24.6 Å². The molecule has 1 aliphatic rings. The van der Waals surface area contributed by atoms with Crippen molar-refractivity contribution >= 4 is 5.69 Å². The molecule has 0 aliphatic carbocycles.